The monoisotopic (exact) mass is 294 g/mol. The maximum Gasteiger partial charge on any atom is 0.239 e. The van der Waals surface area contributed by atoms with Crippen LogP contribution < -0.4 is 5.32 Å². The molecule has 0 spiro atoms. The maximum absolute atomic E-state index is 11.9. The van der Waals surface area contributed by atoms with E-state index in [0.717, 1.165) is 12.8 Å². The summed E-state index contributed by atoms with van der Waals surface area (Å²) in [5.74, 6) is 1.10. The molecule has 116 valence electrons. The number of nitrogens with one attached hydrogen (secondary N) is 1. The summed E-state index contributed by atoms with van der Waals surface area (Å²) in [4.78, 5) is 29.2. The van der Waals surface area contributed by atoms with E-state index in [1.165, 1.54) is 4.90 Å². The van der Waals surface area contributed by atoms with Crippen LogP contribution >= 0.6 is 0 Å². The number of likely N-dealkylation sites (N-methyl/N-ethyl adjacent to an activating group) is 1. The summed E-state index contributed by atoms with van der Waals surface area (Å²) >= 11 is 0. The molecule has 1 aliphatic rings. The molecular weight excluding hydrogens is 272 g/mol. The first-order valence-corrected chi connectivity index (χ1v) is 7.31. The van der Waals surface area contributed by atoms with Crippen LogP contribution in [0.4, 0.5) is 0 Å². The highest BCUT2D eigenvalue weighted by Gasteiger charge is 2.24. The standard InChI is InChI=1S/C14H22N4O3/c1-9(2)14-16-12(21-17-14)6-7-13(20)18(3)8-11(19)15-10-4-5-10/h9-10H,4-8H2,1-3H3,(H,15,19). The van der Waals surface area contributed by atoms with Crippen molar-refractivity contribution in [2.45, 2.75) is 51.5 Å². The lowest BCUT2D eigenvalue weighted by Gasteiger charge is -2.16. The Morgan fingerprint density at radius 2 is 2.14 bits per heavy atom. The topological polar surface area (TPSA) is 88.3 Å². The molecule has 7 nitrogen and oxygen atoms in total. The fourth-order valence-corrected chi connectivity index (χ4v) is 1.81. The highest BCUT2D eigenvalue weighted by molar-refractivity contribution is 5.84. The van der Waals surface area contributed by atoms with Gasteiger partial charge < -0.3 is 14.7 Å². The number of hydrogen-bond acceptors (Lipinski definition) is 5. The van der Waals surface area contributed by atoms with Gasteiger partial charge >= 0.3 is 0 Å². The Bertz CT molecular complexity index is 508. The zero-order chi connectivity index (χ0) is 15.4. The minimum atomic E-state index is -0.106. The molecule has 0 aliphatic heterocycles. The van der Waals surface area contributed by atoms with Gasteiger partial charge in [-0.05, 0) is 12.8 Å². The number of aromatic nitrogens is 2. The normalized spacial score (nSPS) is 14.3. The SMILES string of the molecule is CC(C)c1noc(CCC(=O)N(C)CC(=O)NC2CC2)n1. The molecule has 1 aromatic rings. The fraction of sp³-hybridized carbons (Fsp3) is 0.714. The fourth-order valence-electron chi connectivity index (χ4n) is 1.81. The van der Waals surface area contributed by atoms with Gasteiger partial charge in [-0.15, -0.1) is 0 Å². The van der Waals surface area contributed by atoms with Gasteiger partial charge in [-0.1, -0.05) is 19.0 Å². The minimum Gasteiger partial charge on any atom is -0.352 e. The van der Waals surface area contributed by atoms with Crippen LogP contribution in [0.3, 0.4) is 0 Å². The van der Waals surface area contributed by atoms with Gasteiger partial charge in [-0.3, -0.25) is 9.59 Å². The molecule has 2 rings (SSSR count). The van der Waals surface area contributed by atoms with Crippen molar-refractivity contribution in [2.75, 3.05) is 13.6 Å². The molecule has 1 aliphatic carbocycles. The van der Waals surface area contributed by atoms with Crippen LogP contribution in [0, 0.1) is 0 Å². The predicted octanol–water partition coefficient (Wildman–Crippen LogP) is 0.863. The summed E-state index contributed by atoms with van der Waals surface area (Å²) in [7, 11) is 1.63. The second-order valence-electron chi connectivity index (χ2n) is 5.79. The first-order chi connectivity index (χ1) is 9.95. The molecular formula is C14H22N4O3. The molecule has 2 amide bonds. The summed E-state index contributed by atoms with van der Waals surface area (Å²) in [6.07, 6.45) is 2.73. The van der Waals surface area contributed by atoms with E-state index in [4.69, 9.17) is 4.52 Å². The zero-order valence-corrected chi connectivity index (χ0v) is 12.8. The lowest BCUT2D eigenvalue weighted by Crippen LogP contribution is -2.39. The zero-order valence-electron chi connectivity index (χ0n) is 12.8. The molecule has 0 bridgehead atoms. The van der Waals surface area contributed by atoms with E-state index in [2.05, 4.69) is 15.5 Å². The molecule has 0 radical (unpaired) electrons. The van der Waals surface area contributed by atoms with Crippen LogP contribution in [-0.4, -0.2) is 46.5 Å². The third kappa shape index (κ3) is 4.84. The number of carbonyl (C=O) groups excluding carboxylic acids is 2. The summed E-state index contributed by atoms with van der Waals surface area (Å²) in [5.41, 5.74) is 0. The average Bonchev–Trinajstić information content (AvgIpc) is 3.09. The average molecular weight is 294 g/mol. The Kier molecular flexibility index (Phi) is 4.93. The van der Waals surface area contributed by atoms with Crippen molar-refractivity contribution in [1.82, 2.24) is 20.4 Å². The van der Waals surface area contributed by atoms with E-state index >= 15 is 0 Å². The van der Waals surface area contributed by atoms with Gasteiger partial charge in [0.2, 0.25) is 17.7 Å². The van der Waals surface area contributed by atoms with Crippen LogP contribution in [0.5, 0.6) is 0 Å². The second kappa shape index (κ2) is 6.69. The number of aryl methyl sites for hydroxylation is 1. The van der Waals surface area contributed by atoms with Crippen molar-refractivity contribution in [3.8, 4) is 0 Å². The highest BCUT2D eigenvalue weighted by atomic mass is 16.5. The van der Waals surface area contributed by atoms with Crippen molar-refractivity contribution in [2.24, 2.45) is 0 Å². The molecule has 0 aromatic carbocycles. The summed E-state index contributed by atoms with van der Waals surface area (Å²) in [6, 6.07) is 0.314. The molecule has 7 heteroatoms. The van der Waals surface area contributed by atoms with Crippen molar-refractivity contribution in [3.63, 3.8) is 0 Å². The Morgan fingerprint density at radius 1 is 1.43 bits per heavy atom. The molecule has 1 N–H and O–H groups in total. The summed E-state index contributed by atoms with van der Waals surface area (Å²) < 4.78 is 5.09. The van der Waals surface area contributed by atoms with Crippen LogP contribution in [0.1, 0.15) is 50.7 Å². The third-order valence-electron chi connectivity index (χ3n) is 3.30. The minimum absolute atomic E-state index is 0.0937. The van der Waals surface area contributed by atoms with Gasteiger partial charge in [0.25, 0.3) is 0 Å². The first-order valence-electron chi connectivity index (χ1n) is 7.31. The lowest BCUT2D eigenvalue weighted by molar-refractivity contribution is -0.134. The summed E-state index contributed by atoms with van der Waals surface area (Å²) in [5, 5.41) is 6.71. The van der Waals surface area contributed by atoms with E-state index in [1.807, 2.05) is 13.8 Å². The number of hydrogen-bond donors (Lipinski definition) is 1. The predicted molar refractivity (Wildman–Crippen MR) is 75.5 cm³/mol. The van der Waals surface area contributed by atoms with Gasteiger partial charge in [0.1, 0.15) is 0 Å². The Hall–Kier alpha value is -1.92. The van der Waals surface area contributed by atoms with Crippen molar-refractivity contribution in [1.29, 1.82) is 0 Å². The molecule has 0 saturated heterocycles. The quantitative estimate of drug-likeness (QED) is 0.806. The number of amides is 2. The molecule has 1 heterocycles. The largest absolute Gasteiger partial charge is 0.352 e. The molecule has 0 unspecified atom stereocenters. The summed E-state index contributed by atoms with van der Waals surface area (Å²) in [6.45, 7) is 4.05. The Balaban J connectivity index is 1.73. The first kappa shape index (κ1) is 15.5. The number of carbonyl (C=O) groups is 2. The Labute approximate surface area is 124 Å². The van der Waals surface area contributed by atoms with Crippen LogP contribution in [0.15, 0.2) is 4.52 Å². The van der Waals surface area contributed by atoms with E-state index in [9.17, 15) is 9.59 Å². The molecule has 1 aromatic heterocycles. The Morgan fingerprint density at radius 3 is 2.71 bits per heavy atom. The van der Waals surface area contributed by atoms with Crippen LogP contribution in [0.25, 0.3) is 0 Å². The van der Waals surface area contributed by atoms with Crippen molar-refractivity contribution in [3.05, 3.63) is 11.7 Å². The molecule has 21 heavy (non-hydrogen) atoms. The van der Waals surface area contributed by atoms with Gasteiger partial charge in [-0.25, -0.2) is 0 Å². The van der Waals surface area contributed by atoms with Crippen LogP contribution in [-0.2, 0) is 16.0 Å². The molecule has 1 saturated carbocycles. The number of nitrogens with zero attached hydrogens (tertiary/aromatic N) is 3. The maximum atomic E-state index is 11.9. The van der Waals surface area contributed by atoms with E-state index < -0.39 is 0 Å². The van der Waals surface area contributed by atoms with Gasteiger partial charge in [0.15, 0.2) is 5.82 Å². The van der Waals surface area contributed by atoms with E-state index in [-0.39, 0.29) is 30.7 Å². The number of rotatable bonds is 7. The van der Waals surface area contributed by atoms with Crippen molar-refractivity contribution >= 4 is 11.8 Å². The van der Waals surface area contributed by atoms with E-state index in [1.54, 1.807) is 7.05 Å². The van der Waals surface area contributed by atoms with Gasteiger partial charge in [0, 0.05) is 31.8 Å². The third-order valence-corrected chi connectivity index (χ3v) is 3.30. The van der Waals surface area contributed by atoms with Crippen LogP contribution in [0.2, 0.25) is 0 Å². The lowest BCUT2D eigenvalue weighted by atomic mass is 10.2. The van der Waals surface area contributed by atoms with Gasteiger partial charge in [-0.2, -0.15) is 4.98 Å². The second-order valence-corrected chi connectivity index (χ2v) is 5.79. The van der Waals surface area contributed by atoms with Gasteiger partial charge in [0.05, 0.1) is 6.54 Å². The smallest absolute Gasteiger partial charge is 0.239 e. The molecule has 1 fully saturated rings. The van der Waals surface area contributed by atoms with E-state index in [0.29, 0.717) is 24.2 Å². The highest BCUT2D eigenvalue weighted by Crippen LogP contribution is 2.18. The molecule has 0 atom stereocenters. The van der Waals surface area contributed by atoms with Crippen molar-refractivity contribution < 1.29 is 14.1 Å².